The smallest absolute Gasteiger partial charge is 0.119 e. The van der Waals surface area contributed by atoms with E-state index < -0.39 is 0 Å². The van der Waals surface area contributed by atoms with E-state index in [4.69, 9.17) is 9.84 Å². The Morgan fingerprint density at radius 1 is 1.12 bits per heavy atom. The van der Waals surface area contributed by atoms with Gasteiger partial charge in [-0.1, -0.05) is 31.2 Å². The molecule has 2 aromatic carbocycles. The lowest BCUT2D eigenvalue weighted by atomic mass is 9.95. The summed E-state index contributed by atoms with van der Waals surface area (Å²) in [6, 6.07) is 12.5. The highest BCUT2D eigenvalue weighted by Gasteiger charge is 2.05. The van der Waals surface area contributed by atoms with E-state index in [-0.39, 0.29) is 6.61 Å². The van der Waals surface area contributed by atoms with E-state index in [2.05, 4.69) is 31.2 Å². The number of benzene rings is 2. The molecule has 1 N–H and O–H groups in total. The van der Waals surface area contributed by atoms with Crippen molar-refractivity contribution < 1.29 is 9.84 Å². The Kier molecular flexibility index (Phi) is 3.64. The third-order valence-electron chi connectivity index (χ3n) is 3.20. The Bertz CT molecular complexity index is 505. The first-order valence-electron chi connectivity index (χ1n) is 5.93. The number of hydrogen-bond acceptors (Lipinski definition) is 2. The summed E-state index contributed by atoms with van der Waals surface area (Å²) in [7, 11) is 1.68. The number of aliphatic hydroxyl groups excluding tert-OH is 1. The molecule has 0 amide bonds. The SMILES string of the molecule is COc1ccc2cc([C@@H](C)CCO)ccc2c1. The molecule has 0 heterocycles. The predicted molar refractivity (Wildman–Crippen MR) is 70.6 cm³/mol. The van der Waals surface area contributed by atoms with Crippen LogP contribution in [0.15, 0.2) is 36.4 Å². The fourth-order valence-electron chi connectivity index (χ4n) is 2.04. The average molecular weight is 230 g/mol. The van der Waals surface area contributed by atoms with Crippen molar-refractivity contribution >= 4 is 10.8 Å². The summed E-state index contributed by atoms with van der Waals surface area (Å²) < 4.78 is 5.21. The van der Waals surface area contributed by atoms with Gasteiger partial charge in [-0.3, -0.25) is 0 Å². The lowest BCUT2D eigenvalue weighted by Crippen LogP contribution is -1.96. The van der Waals surface area contributed by atoms with Crippen molar-refractivity contribution in [2.75, 3.05) is 13.7 Å². The van der Waals surface area contributed by atoms with Gasteiger partial charge in [-0.2, -0.15) is 0 Å². The lowest BCUT2D eigenvalue weighted by molar-refractivity contribution is 0.278. The third-order valence-corrected chi connectivity index (χ3v) is 3.20. The molecule has 90 valence electrons. The van der Waals surface area contributed by atoms with Crippen LogP contribution in [0.5, 0.6) is 5.75 Å². The molecule has 0 unspecified atom stereocenters. The van der Waals surface area contributed by atoms with E-state index in [1.807, 2.05) is 12.1 Å². The molecule has 0 aliphatic heterocycles. The largest absolute Gasteiger partial charge is 0.497 e. The van der Waals surface area contributed by atoms with E-state index in [1.165, 1.54) is 16.3 Å². The standard InChI is InChI=1S/C15H18O2/c1-11(7-8-16)12-3-4-14-10-15(17-2)6-5-13(14)9-12/h3-6,9-11,16H,7-8H2,1-2H3/t11-/m0/s1. The van der Waals surface area contributed by atoms with Gasteiger partial charge < -0.3 is 9.84 Å². The zero-order chi connectivity index (χ0) is 12.3. The molecule has 0 saturated carbocycles. The molecule has 0 spiro atoms. The highest BCUT2D eigenvalue weighted by molar-refractivity contribution is 5.84. The van der Waals surface area contributed by atoms with E-state index in [0.29, 0.717) is 5.92 Å². The molecule has 0 aliphatic rings. The molecule has 2 heteroatoms. The zero-order valence-corrected chi connectivity index (χ0v) is 10.3. The first-order chi connectivity index (χ1) is 8.24. The van der Waals surface area contributed by atoms with Gasteiger partial charge in [0.15, 0.2) is 0 Å². The van der Waals surface area contributed by atoms with E-state index in [1.54, 1.807) is 7.11 Å². The van der Waals surface area contributed by atoms with E-state index in [0.717, 1.165) is 12.2 Å². The number of fused-ring (bicyclic) bond motifs is 1. The number of rotatable bonds is 4. The molecule has 0 fully saturated rings. The number of ether oxygens (including phenoxy) is 1. The van der Waals surface area contributed by atoms with Crippen molar-refractivity contribution in [3.63, 3.8) is 0 Å². The summed E-state index contributed by atoms with van der Waals surface area (Å²) in [5, 5.41) is 11.4. The Balaban J connectivity index is 2.37. The van der Waals surface area contributed by atoms with Crippen LogP contribution < -0.4 is 4.74 Å². The highest BCUT2D eigenvalue weighted by Crippen LogP contribution is 2.26. The third kappa shape index (κ3) is 2.59. The molecule has 0 aliphatic carbocycles. The zero-order valence-electron chi connectivity index (χ0n) is 10.3. The van der Waals surface area contributed by atoms with Crippen molar-refractivity contribution in [2.24, 2.45) is 0 Å². The van der Waals surface area contributed by atoms with Gasteiger partial charge in [0.05, 0.1) is 7.11 Å². The van der Waals surface area contributed by atoms with Crippen molar-refractivity contribution in [1.82, 2.24) is 0 Å². The quantitative estimate of drug-likeness (QED) is 0.873. The van der Waals surface area contributed by atoms with Crippen molar-refractivity contribution in [3.8, 4) is 5.75 Å². The molecular formula is C15H18O2. The van der Waals surface area contributed by atoms with Crippen LogP contribution in [-0.2, 0) is 0 Å². The lowest BCUT2D eigenvalue weighted by Gasteiger charge is -2.11. The monoisotopic (exact) mass is 230 g/mol. The van der Waals surface area contributed by atoms with Gasteiger partial charge in [0, 0.05) is 6.61 Å². The maximum atomic E-state index is 8.96. The number of hydrogen-bond donors (Lipinski definition) is 1. The van der Waals surface area contributed by atoms with Crippen LogP contribution in [-0.4, -0.2) is 18.8 Å². The molecular weight excluding hydrogens is 212 g/mol. The minimum atomic E-state index is 0.238. The van der Waals surface area contributed by atoms with Gasteiger partial charge in [0.1, 0.15) is 5.75 Å². The van der Waals surface area contributed by atoms with E-state index in [9.17, 15) is 0 Å². The Morgan fingerprint density at radius 3 is 2.53 bits per heavy atom. The summed E-state index contributed by atoms with van der Waals surface area (Å²) in [5.41, 5.74) is 1.27. The summed E-state index contributed by atoms with van der Waals surface area (Å²) in [4.78, 5) is 0. The summed E-state index contributed by atoms with van der Waals surface area (Å²) in [5.74, 6) is 1.28. The Hall–Kier alpha value is -1.54. The minimum absolute atomic E-state index is 0.238. The number of aliphatic hydroxyl groups is 1. The van der Waals surface area contributed by atoms with Gasteiger partial charge in [-0.05, 0) is 40.8 Å². The van der Waals surface area contributed by atoms with Crippen molar-refractivity contribution in [2.45, 2.75) is 19.3 Å². The highest BCUT2D eigenvalue weighted by atomic mass is 16.5. The molecule has 1 atom stereocenters. The number of methoxy groups -OCH3 is 1. The van der Waals surface area contributed by atoms with Crippen LogP contribution in [0.3, 0.4) is 0 Å². The normalized spacial score (nSPS) is 12.6. The van der Waals surface area contributed by atoms with Crippen LogP contribution >= 0.6 is 0 Å². The molecule has 17 heavy (non-hydrogen) atoms. The topological polar surface area (TPSA) is 29.5 Å². The maximum Gasteiger partial charge on any atom is 0.119 e. The fraction of sp³-hybridized carbons (Fsp3) is 0.333. The Morgan fingerprint density at radius 2 is 1.82 bits per heavy atom. The first-order valence-corrected chi connectivity index (χ1v) is 5.93. The second-order valence-corrected chi connectivity index (χ2v) is 4.39. The molecule has 2 aromatic rings. The van der Waals surface area contributed by atoms with Gasteiger partial charge >= 0.3 is 0 Å². The first kappa shape index (κ1) is 11.9. The fourth-order valence-corrected chi connectivity index (χ4v) is 2.04. The van der Waals surface area contributed by atoms with Crippen molar-refractivity contribution in [3.05, 3.63) is 42.0 Å². The van der Waals surface area contributed by atoms with Gasteiger partial charge in [-0.15, -0.1) is 0 Å². The summed E-state index contributed by atoms with van der Waals surface area (Å²) in [6.07, 6.45) is 0.807. The second kappa shape index (κ2) is 5.19. The van der Waals surface area contributed by atoms with Gasteiger partial charge in [0.25, 0.3) is 0 Å². The van der Waals surface area contributed by atoms with Crippen LogP contribution in [0.1, 0.15) is 24.8 Å². The summed E-state index contributed by atoms with van der Waals surface area (Å²) in [6.45, 7) is 2.38. The van der Waals surface area contributed by atoms with Crippen LogP contribution in [0.25, 0.3) is 10.8 Å². The molecule has 0 radical (unpaired) electrons. The molecule has 2 nitrogen and oxygen atoms in total. The molecule has 0 bridgehead atoms. The van der Waals surface area contributed by atoms with Gasteiger partial charge in [-0.25, -0.2) is 0 Å². The average Bonchev–Trinajstić information content (AvgIpc) is 2.37. The second-order valence-electron chi connectivity index (χ2n) is 4.39. The molecule has 0 saturated heterocycles. The minimum Gasteiger partial charge on any atom is -0.497 e. The van der Waals surface area contributed by atoms with Crippen LogP contribution in [0, 0.1) is 0 Å². The summed E-state index contributed by atoms with van der Waals surface area (Å²) >= 11 is 0. The maximum absolute atomic E-state index is 8.96. The predicted octanol–water partition coefficient (Wildman–Crippen LogP) is 3.33. The van der Waals surface area contributed by atoms with Crippen LogP contribution in [0.2, 0.25) is 0 Å². The van der Waals surface area contributed by atoms with E-state index >= 15 is 0 Å². The Labute approximate surface area is 102 Å². The molecule has 0 aromatic heterocycles. The molecule has 2 rings (SSSR count). The van der Waals surface area contributed by atoms with Crippen LogP contribution in [0.4, 0.5) is 0 Å². The van der Waals surface area contributed by atoms with Gasteiger partial charge in [0.2, 0.25) is 0 Å². The van der Waals surface area contributed by atoms with Crippen molar-refractivity contribution in [1.29, 1.82) is 0 Å².